The van der Waals surface area contributed by atoms with Gasteiger partial charge in [-0.25, -0.2) is 4.79 Å². The Hall–Kier alpha value is -2.86. The maximum atomic E-state index is 14.0. The van der Waals surface area contributed by atoms with Crippen LogP contribution in [0.1, 0.15) is 67.3 Å². The molecule has 6 rings (SSSR count). The molecule has 2 aromatic carbocycles. The molecule has 0 unspecified atom stereocenters. The second-order valence-corrected chi connectivity index (χ2v) is 12.4. The maximum absolute atomic E-state index is 14.0. The number of urea groups is 1. The first-order valence-corrected chi connectivity index (χ1v) is 14.6. The average molecular weight is 515 g/mol. The molecule has 0 aromatic heterocycles. The molecule has 4 aliphatic rings. The van der Waals surface area contributed by atoms with E-state index in [9.17, 15) is 9.59 Å². The number of carbonyl (C=O) groups is 2. The van der Waals surface area contributed by atoms with Crippen molar-refractivity contribution in [3.63, 3.8) is 0 Å². The molecule has 38 heavy (non-hydrogen) atoms. The Labute approximate surface area is 227 Å². The van der Waals surface area contributed by atoms with Crippen LogP contribution in [0.3, 0.4) is 0 Å². The van der Waals surface area contributed by atoms with Crippen LogP contribution in [0.2, 0.25) is 0 Å². The monoisotopic (exact) mass is 514 g/mol. The molecule has 2 aliphatic carbocycles. The molecule has 2 aromatic rings. The van der Waals surface area contributed by atoms with Crippen molar-refractivity contribution < 1.29 is 9.59 Å². The Balaban J connectivity index is 1.17. The van der Waals surface area contributed by atoms with Gasteiger partial charge >= 0.3 is 6.03 Å². The van der Waals surface area contributed by atoms with Crippen molar-refractivity contribution in [1.29, 1.82) is 0 Å². The minimum Gasteiger partial charge on any atom is -0.338 e. The SMILES string of the molecule is CN(C)[C@]1(c2ccccc2)CC[C@]2(CC1)CN(C1CCN(C(=O)c3ccccc3)CC1)C(=O)N2CC1CC1. The van der Waals surface area contributed by atoms with E-state index in [0.717, 1.165) is 70.3 Å². The molecule has 2 saturated carbocycles. The van der Waals surface area contributed by atoms with Gasteiger partial charge in [-0.05, 0) is 89.1 Å². The zero-order valence-electron chi connectivity index (χ0n) is 23.0. The topological polar surface area (TPSA) is 47.1 Å². The highest BCUT2D eigenvalue weighted by atomic mass is 16.2. The Bertz CT molecular complexity index is 1130. The molecule has 6 nitrogen and oxygen atoms in total. The first-order chi connectivity index (χ1) is 18.4. The molecule has 2 saturated heterocycles. The summed E-state index contributed by atoms with van der Waals surface area (Å²) in [5, 5.41) is 0. The van der Waals surface area contributed by atoms with Crippen molar-refractivity contribution in [2.75, 3.05) is 40.3 Å². The summed E-state index contributed by atoms with van der Waals surface area (Å²) in [6.45, 7) is 3.19. The predicted molar refractivity (Wildman–Crippen MR) is 150 cm³/mol. The molecule has 202 valence electrons. The van der Waals surface area contributed by atoms with E-state index in [1.165, 1.54) is 18.4 Å². The van der Waals surface area contributed by atoms with Crippen LogP contribution >= 0.6 is 0 Å². The fourth-order valence-corrected chi connectivity index (χ4v) is 7.39. The van der Waals surface area contributed by atoms with Crippen molar-refractivity contribution in [2.45, 2.75) is 68.5 Å². The zero-order valence-corrected chi connectivity index (χ0v) is 23.0. The van der Waals surface area contributed by atoms with E-state index < -0.39 is 0 Å². The third-order valence-corrected chi connectivity index (χ3v) is 10.0. The fourth-order valence-electron chi connectivity index (χ4n) is 7.39. The van der Waals surface area contributed by atoms with Gasteiger partial charge in [-0.3, -0.25) is 9.69 Å². The van der Waals surface area contributed by atoms with Crippen molar-refractivity contribution in [3.05, 3.63) is 71.8 Å². The first kappa shape index (κ1) is 25.4. The van der Waals surface area contributed by atoms with Gasteiger partial charge in [0.25, 0.3) is 5.91 Å². The van der Waals surface area contributed by atoms with Crippen LogP contribution < -0.4 is 0 Å². The van der Waals surface area contributed by atoms with Crippen LogP contribution in [0.25, 0.3) is 0 Å². The van der Waals surface area contributed by atoms with Gasteiger partial charge in [0.2, 0.25) is 0 Å². The van der Waals surface area contributed by atoms with Crippen LogP contribution in [-0.4, -0.2) is 83.4 Å². The average Bonchev–Trinajstić information content (AvgIpc) is 3.75. The molecule has 3 amide bonds. The van der Waals surface area contributed by atoms with E-state index in [2.05, 4.69) is 59.1 Å². The summed E-state index contributed by atoms with van der Waals surface area (Å²) in [6.07, 6.45) is 8.46. The smallest absolute Gasteiger partial charge is 0.320 e. The van der Waals surface area contributed by atoms with Crippen molar-refractivity contribution in [1.82, 2.24) is 19.6 Å². The first-order valence-electron chi connectivity index (χ1n) is 14.6. The van der Waals surface area contributed by atoms with Crippen molar-refractivity contribution >= 4 is 11.9 Å². The summed E-state index contributed by atoms with van der Waals surface area (Å²) >= 11 is 0. The van der Waals surface area contributed by atoms with Crippen LogP contribution in [0, 0.1) is 5.92 Å². The van der Waals surface area contributed by atoms with Crippen LogP contribution in [0.5, 0.6) is 0 Å². The van der Waals surface area contributed by atoms with Gasteiger partial charge in [0, 0.05) is 43.3 Å². The van der Waals surface area contributed by atoms with Crippen molar-refractivity contribution in [3.8, 4) is 0 Å². The lowest BCUT2D eigenvalue weighted by atomic mass is 9.68. The lowest BCUT2D eigenvalue weighted by Crippen LogP contribution is -2.55. The number of likely N-dealkylation sites (tertiary alicyclic amines) is 1. The number of benzene rings is 2. The van der Waals surface area contributed by atoms with E-state index in [-0.39, 0.29) is 29.1 Å². The molecule has 2 aliphatic heterocycles. The number of hydrogen-bond acceptors (Lipinski definition) is 3. The summed E-state index contributed by atoms with van der Waals surface area (Å²) in [5.74, 6) is 0.785. The highest BCUT2D eigenvalue weighted by Gasteiger charge is 2.56. The summed E-state index contributed by atoms with van der Waals surface area (Å²) in [4.78, 5) is 35.9. The standard InChI is InChI=1S/C32H42N4O2/c1-33(2)32(27-11-7-4-8-12-27)19-17-31(18-20-32)24-35(30(38)36(31)23-25-13-14-25)28-15-21-34(22-16-28)29(37)26-9-5-3-6-10-26/h3-12,25,28H,13-24H2,1-2H3/t31-,32+. The van der Waals surface area contributed by atoms with Gasteiger partial charge in [-0.2, -0.15) is 0 Å². The van der Waals surface area contributed by atoms with E-state index in [4.69, 9.17) is 0 Å². The lowest BCUT2D eigenvalue weighted by Gasteiger charge is -2.51. The molecule has 2 heterocycles. The summed E-state index contributed by atoms with van der Waals surface area (Å²) in [7, 11) is 4.42. The van der Waals surface area contributed by atoms with Crippen molar-refractivity contribution in [2.24, 2.45) is 5.92 Å². The van der Waals surface area contributed by atoms with Gasteiger partial charge in [-0.15, -0.1) is 0 Å². The van der Waals surface area contributed by atoms with Gasteiger partial charge in [-0.1, -0.05) is 48.5 Å². The molecule has 4 fully saturated rings. The number of nitrogens with zero attached hydrogens (tertiary/aromatic N) is 4. The number of carbonyl (C=O) groups excluding carboxylic acids is 2. The third-order valence-electron chi connectivity index (χ3n) is 10.0. The second-order valence-electron chi connectivity index (χ2n) is 12.4. The normalized spacial score (nSPS) is 28.5. The van der Waals surface area contributed by atoms with Gasteiger partial charge in [0.1, 0.15) is 0 Å². The highest BCUT2D eigenvalue weighted by molar-refractivity contribution is 5.94. The highest BCUT2D eigenvalue weighted by Crippen LogP contribution is 2.50. The molecule has 0 atom stereocenters. The lowest BCUT2D eigenvalue weighted by molar-refractivity contribution is 0.0221. The van der Waals surface area contributed by atoms with E-state index in [1.807, 2.05) is 35.2 Å². The molecular formula is C32H42N4O2. The molecule has 6 heteroatoms. The molecule has 0 bridgehead atoms. The number of rotatable bonds is 6. The van der Waals surface area contributed by atoms with Gasteiger partial charge < -0.3 is 14.7 Å². The Kier molecular flexibility index (Phi) is 6.71. The second kappa shape index (κ2) is 10.0. The minimum atomic E-state index is -0.0645. The quantitative estimate of drug-likeness (QED) is 0.532. The Morgan fingerprint density at radius 1 is 0.868 bits per heavy atom. The van der Waals surface area contributed by atoms with E-state index in [1.54, 1.807) is 0 Å². The van der Waals surface area contributed by atoms with Gasteiger partial charge in [0.15, 0.2) is 0 Å². The Morgan fingerprint density at radius 3 is 2.05 bits per heavy atom. The molecule has 0 N–H and O–H groups in total. The predicted octanol–water partition coefficient (Wildman–Crippen LogP) is 5.21. The minimum absolute atomic E-state index is 0.0252. The van der Waals surface area contributed by atoms with Gasteiger partial charge in [0.05, 0.1) is 5.54 Å². The third kappa shape index (κ3) is 4.51. The molecule has 0 radical (unpaired) electrons. The zero-order chi connectivity index (χ0) is 26.3. The molecule has 1 spiro atoms. The summed E-state index contributed by atoms with van der Waals surface area (Å²) < 4.78 is 0. The maximum Gasteiger partial charge on any atom is 0.320 e. The summed E-state index contributed by atoms with van der Waals surface area (Å²) in [6, 6.07) is 21.0. The number of amides is 3. The van der Waals surface area contributed by atoms with E-state index in [0.29, 0.717) is 5.92 Å². The number of piperidine rings is 1. The largest absolute Gasteiger partial charge is 0.338 e. The fraction of sp³-hybridized carbons (Fsp3) is 0.562. The van der Waals surface area contributed by atoms with Crippen LogP contribution in [-0.2, 0) is 5.54 Å². The van der Waals surface area contributed by atoms with Crippen LogP contribution in [0.15, 0.2) is 60.7 Å². The Morgan fingerprint density at radius 2 is 1.47 bits per heavy atom. The number of hydrogen-bond donors (Lipinski definition) is 0. The summed E-state index contributed by atoms with van der Waals surface area (Å²) in [5.41, 5.74) is 2.11. The van der Waals surface area contributed by atoms with Crippen LogP contribution in [0.4, 0.5) is 4.79 Å². The molecular weight excluding hydrogens is 472 g/mol. The van der Waals surface area contributed by atoms with E-state index >= 15 is 0 Å².